The van der Waals surface area contributed by atoms with E-state index in [0.29, 0.717) is 11.5 Å². The molecule has 0 aliphatic rings. The highest BCUT2D eigenvalue weighted by Gasteiger charge is 2.09. The Morgan fingerprint density at radius 1 is 1.39 bits per heavy atom. The summed E-state index contributed by atoms with van der Waals surface area (Å²) in [5, 5.41) is 2.92. The van der Waals surface area contributed by atoms with Crippen molar-refractivity contribution in [3.8, 4) is 5.88 Å². The van der Waals surface area contributed by atoms with E-state index in [1.54, 1.807) is 0 Å². The highest BCUT2D eigenvalue weighted by atomic mass is 35.5. The van der Waals surface area contributed by atoms with Crippen LogP contribution in [-0.2, 0) is 0 Å². The molecule has 2 rings (SSSR count). The molecule has 0 bridgehead atoms. The molecule has 0 saturated heterocycles. The van der Waals surface area contributed by atoms with E-state index in [4.69, 9.17) is 22.1 Å². The van der Waals surface area contributed by atoms with Gasteiger partial charge in [-0.1, -0.05) is 11.6 Å². The lowest BCUT2D eigenvalue weighted by molar-refractivity contribution is 0.399. The Kier molecular flexibility index (Phi) is 3.47. The summed E-state index contributed by atoms with van der Waals surface area (Å²) in [4.78, 5) is 7.82. The summed E-state index contributed by atoms with van der Waals surface area (Å²) in [5.74, 6) is 0.140. The number of ether oxygens (including phenoxy) is 1. The Balaban J connectivity index is 2.31. The van der Waals surface area contributed by atoms with E-state index in [0.717, 1.165) is 0 Å². The number of hydrogen-bond acceptors (Lipinski definition) is 5. The van der Waals surface area contributed by atoms with Crippen LogP contribution in [0.2, 0.25) is 5.02 Å². The predicted octanol–water partition coefficient (Wildman–Crippen LogP) is 2.60. The first-order valence-electron chi connectivity index (χ1n) is 4.98. The van der Waals surface area contributed by atoms with Crippen LogP contribution in [0.1, 0.15) is 0 Å². The number of methoxy groups -OCH3 is 1. The van der Waals surface area contributed by atoms with E-state index in [1.807, 2.05) is 0 Å². The number of nitrogens with two attached hydrogens (primary N) is 1. The van der Waals surface area contributed by atoms with E-state index < -0.39 is 5.82 Å². The zero-order valence-corrected chi connectivity index (χ0v) is 10.2. The second kappa shape index (κ2) is 5.05. The second-order valence-electron chi connectivity index (χ2n) is 3.40. The lowest BCUT2D eigenvalue weighted by Crippen LogP contribution is -2.03. The zero-order valence-electron chi connectivity index (χ0n) is 9.45. The average Bonchev–Trinajstić information content (AvgIpc) is 2.36. The summed E-state index contributed by atoms with van der Waals surface area (Å²) in [6.45, 7) is 0. The molecule has 7 heteroatoms. The van der Waals surface area contributed by atoms with Crippen molar-refractivity contribution in [2.75, 3.05) is 18.2 Å². The molecule has 94 valence electrons. The van der Waals surface area contributed by atoms with Gasteiger partial charge in [-0.25, -0.2) is 9.37 Å². The molecule has 0 amide bonds. The molecule has 3 N–H and O–H groups in total. The number of aromatic nitrogens is 2. The molecule has 2 aromatic rings. The quantitative estimate of drug-likeness (QED) is 0.895. The van der Waals surface area contributed by atoms with Gasteiger partial charge in [0, 0.05) is 5.69 Å². The number of nitrogens with one attached hydrogen (secondary N) is 1. The molecule has 1 aromatic heterocycles. The minimum atomic E-state index is -0.490. The van der Waals surface area contributed by atoms with Gasteiger partial charge in [-0.05, 0) is 18.2 Å². The molecule has 0 radical (unpaired) electrons. The lowest BCUT2D eigenvalue weighted by atomic mass is 10.3. The van der Waals surface area contributed by atoms with Crippen LogP contribution in [-0.4, -0.2) is 17.1 Å². The molecular formula is C11H10ClFN4O. The first-order chi connectivity index (χ1) is 8.61. The fourth-order valence-electron chi connectivity index (χ4n) is 1.35. The minimum absolute atomic E-state index is 0.0135. The van der Waals surface area contributed by atoms with Crippen LogP contribution in [0.5, 0.6) is 5.88 Å². The molecular weight excluding hydrogens is 259 g/mol. The number of anilines is 3. The van der Waals surface area contributed by atoms with Crippen LogP contribution in [0.15, 0.2) is 24.5 Å². The topological polar surface area (TPSA) is 73.1 Å². The van der Waals surface area contributed by atoms with Crippen molar-refractivity contribution in [2.45, 2.75) is 0 Å². The number of nitrogens with zero attached hydrogens (tertiary/aromatic N) is 2. The van der Waals surface area contributed by atoms with Crippen LogP contribution >= 0.6 is 11.6 Å². The first kappa shape index (κ1) is 12.4. The second-order valence-corrected chi connectivity index (χ2v) is 3.81. The predicted molar refractivity (Wildman–Crippen MR) is 67.7 cm³/mol. The van der Waals surface area contributed by atoms with Gasteiger partial charge in [0.2, 0.25) is 5.88 Å². The van der Waals surface area contributed by atoms with Gasteiger partial charge in [-0.3, -0.25) is 0 Å². The molecule has 0 aliphatic heterocycles. The maximum atomic E-state index is 13.0. The van der Waals surface area contributed by atoms with Crippen LogP contribution in [0, 0.1) is 5.82 Å². The van der Waals surface area contributed by atoms with Crippen molar-refractivity contribution in [1.82, 2.24) is 9.97 Å². The minimum Gasteiger partial charge on any atom is -0.479 e. The fraction of sp³-hybridized carbons (Fsp3) is 0.0909. The van der Waals surface area contributed by atoms with Crippen molar-refractivity contribution in [1.29, 1.82) is 0 Å². The normalized spacial score (nSPS) is 10.2. The summed E-state index contributed by atoms with van der Waals surface area (Å²) in [6.07, 6.45) is 1.31. The molecule has 0 aliphatic carbocycles. The number of nitrogen functional groups attached to an aromatic ring is 1. The molecule has 0 saturated carbocycles. The van der Waals surface area contributed by atoms with Crippen LogP contribution < -0.4 is 15.8 Å². The Morgan fingerprint density at radius 3 is 2.83 bits per heavy atom. The van der Waals surface area contributed by atoms with Gasteiger partial charge in [-0.15, -0.1) is 0 Å². The van der Waals surface area contributed by atoms with Crippen molar-refractivity contribution >= 4 is 28.8 Å². The van der Waals surface area contributed by atoms with Gasteiger partial charge >= 0.3 is 0 Å². The Morgan fingerprint density at radius 2 is 2.17 bits per heavy atom. The summed E-state index contributed by atoms with van der Waals surface area (Å²) in [7, 11) is 1.46. The van der Waals surface area contributed by atoms with Crippen molar-refractivity contribution in [2.24, 2.45) is 0 Å². The van der Waals surface area contributed by atoms with Gasteiger partial charge in [0.25, 0.3) is 0 Å². The van der Waals surface area contributed by atoms with Gasteiger partial charge in [-0.2, -0.15) is 4.98 Å². The van der Waals surface area contributed by atoms with E-state index >= 15 is 0 Å². The molecule has 0 spiro atoms. The highest BCUT2D eigenvalue weighted by molar-refractivity contribution is 6.31. The van der Waals surface area contributed by atoms with Gasteiger partial charge in [0.1, 0.15) is 17.8 Å². The summed E-state index contributed by atoms with van der Waals surface area (Å²) < 4.78 is 18.0. The zero-order chi connectivity index (χ0) is 13.1. The SMILES string of the molecule is COc1ncnc(Nc2ccc(F)c(Cl)c2)c1N. The first-order valence-corrected chi connectivity index (χ1v) is 5.36. The molecule has 18 heavy (non-hydrogen) atoms. The van der Waals surface area contributed by atoms with Crippen molar-refractivity contribution in [3.05, 3.63) is 35.4 Å². The monoisotopic (exact) mass is 268 g/mol. The van der Waals surface area contributed by atoms with E-state index in [9.17, 15) is 4.39 Å². The van der Waals surface area contributed by atoms with E-state index in [1.165, 1.54) is 31.6 Å². The van der Waals surface area contributed by atoms with Crippen molar-refractivity contribution < 1.29 is 9.13 Å². The van der Waals surface area contributed by atoms with Crippen LogP contribution in [0.25, 0.3) is 0 Å². The average molecular weight is 269 g/mol. The Bertz CT molecular complexity index is 579. The molecule has 5 nitrogen and oxygen atoms in total. The van der Waals surface area contributed by atoms with Gasteiger partial charge in [0.05, 0.1) is 12.1 Å². The summed E-state index contributed by atoms with van der Waals surface area (Å²) in [6, 6.07) is 4.21. The summed E-state index contributed by atoms with van der Waals surface area (Å²) >= 11 is 5.67. The lowest BCUT2D eigenvalue weighted by Gasteiger charge is -2.10. The Labute approximate surface area is 108 Å². The van der Waals surface area contributed by atoms with Gasteiger partial charge < -0.3 is 15.8 Å². The molecule has 0 atom stereocenters. The maximum Gasteiger partial charge on any atom is 0.242 e. The number of rotatable bonds is 3. The summed E-state index contributed by atoms with van der Waals surface area (Å²) in [5.41, 5.74) is 6.62. The highest BCUT2D eigenvalue weighted by Crippen LogP contribution is 2.28. The fourth-order valence-corrected chi connectivity index (χ4v) is 1.53. The number of hydrogen-bond donors (Lipinski definition) is 2. The molecule has 1 aromatic carbocycles. The van der Waals surface area contributed by atoms with Gasteiger partial charge in [0.15, 0.2) is 5.82 Å². The van der Waals surface area contributed by atoms with Crippen molar-refractivity contribution in [3.63, 3.8) is 0 Å². The smallest absolute Gasteiger partial charge is 0.242 e. The molecule has 0 fully saturated rings. The standard InChI is InChI=1S/C11H10ClFN4O/c1-18-11-9(14)10(15-5-16-11)17-6-2-3-8(13)7(12)4-6/h2-5H,14H2,1H3,(H,15,16,17). The Hall–Kier alpha value is -2.08. The third kappa shape index (κ3) is 2.43. The molecule has 1 heterocycles. The molecule has 0 unspecified atom stereocenters. The number of halogens is 2. The maximum absolute atomic E-state index is 13.0. The number of benzene rings is 1. The van der Waals surface area contributed by atoms with Crippen LogP contribution in [0.4, 0.5) is 21.6 Å². The van der Waals surface area contributed by atoms with Crippen LogP contribution in [0.3, 0.4) is 0 Å². The third-order valence-corrected chi connectivity index (χ3v) is 2.51. The largest absolute Gasteiger partial charge is 0.479 e. The van der Waals surface area contributed by atoms with E-state index in [-0.39, 0.29) is 16.6 Å². The van der Waals surface area contributed by atoms with E-state index in [2.05, 4.69) is 15.3 Å². The third-order valence-electron chi connectivity index (χ3n) is 2.22.